The summed E-state index contributed by atoms with van der Waals surface area (Å²) in [6.45, 7) is 0.380. The topological polar surface area (TPSA) is 55.4 Å². The van der Waals surface area contributed by atoms with Gasteiger partial charge in [0, 0.05) is 11.6 Å². The summed E-state index contributed by atoms with van der Waals surface area (Å²) >= 11 is 5.88. The highest BCUT2D eigenvalue weighted by atomic mass is 35.5. The molecule has 1 N–H and O–H groups in total. The number of halogens is 1. The number of aryl methyl sites for hydroxylation is 1. The number of ether oxygens (including phenoxy) is 1. The van der Waals surface area contributed by atoms with Gasteiger partial charge in [-0.1, -0.05) is 41.9 Å². The van der Waals surface area contributed by atoms with Crippen LogP contribution in [0.2, 0.25) is 5.02 Å². The van der Waals surface area contributed by atoms with Crippen molar-refractivity contribution in [2.45, 2.75) is 24.2 Å². The standard InChI is InChI=1S/C17H20ClNO3S/c1-22-16-11-10-15(18)13-17(16)23(20,21)19-12-6-5-9-14-7-3-2-4-8-14/h2-4,7-8,10-11,13,19H,5-6,9,12H2,1H3. The zero-order valence-corrected chi connectivity index (χ0v) is 14.5. The lowest BCUT2D eigenvalue weighted by atomic mass is 10.1. The van der Waals surface area contributed by atoms with Gasteiger partial charge in [-0.25, -0.2) is 13.1 Å². The first-order chi connectivity index (χ1) is 11.0. The van der Waals surface area contributed by atoms with E-state index in [9.17, 15) is 8.42 Å². The molecule has 2 aromatic rings. The summed E-state index contributed by atoms with van der Waals surface area (Å²) in [5, 5.41) is 0.357. The van der Waals surface area contributed by atoms with Gasteiger partial charge in [-0.2, -0.15) is 0 Å². The Bertz CT molecular complexity index is 733. The van der Waals surface area contributed by atoms with Crippen molar-refractivity contribution in [3.63, 3.8) is 0 Å². The van der Waals surface area contributed by atoms with E-state index in [2.05, 4.69) is 16.9 Å². The number of sulfonamides is 1. The lowest BCUT2D eigenvalue weighted by Gasteiger charge is -2.11. The van der Waals surface area contributed by atoms with Gasteiger partial charge in [0.2, 0.25) is 10.0 Å². The summed E-state index contributed by atoms with van der Waals surface area (Å²) in [6.07, 6.45) is 2.61. The van der Waals surface area contributed by atoms with Crippen molar-refractivity contribution in [2.24, 2.45) is 0 Å². The third-order valence-electron chi connectivity index (χ3n) is 3.44. The van der Waals surface area contributed by atoms with Crippen LogP contribution < -0.4 is 9.46 Å². The molecule has 0 atom stereocenters. The van der Waals surface area contributed by atoms with Crippen LogP contribution in [0.5, 0.6) is 5.75 Å². The van der Waals surface area contributed by atoms with Crippen LogP contribution in [0.1, 0.15) is 18.4 Å². The van der Waals surface area contributed by atoms with Gasteiger partial charge < -0.3 is 4.74 Å². The summed E-state index contributed by atoms with van der Waals surface area (Å²) in [5.41, 5.74) is 1.26. The van der Waals surface area contributed by atoms with Crippen molar-refractivity contribution >= 4 is 21.6 Å². The minimum atomic E-state index is -3.63. The highest BCUT2D eigenvalue weighted by molar-refractivity contribution is 7.89. The van der Waals surface area contributed by atoms with Gasteiger partial charge in [0.25, 0.3) is 0 Å². The summed E-state index contributed by atoms with van der Waals surface area (Å²) in [5.74, 6) is 0.284. The first kappa shape index (κ1) is 17.8. The average molecular weight is 354 g/mol. The van der Waals surface area contributed by atoms with Crippen molar-refractivity contribution in [3.05, 3.63) is 59.1 Å². The lowest BCUT2D eigenvalue weighted by Crippen LogP contribution is -2.25. The fourth-order valence-corrected chi connectivity index (χ4v) is 3.75. The molecular weight excluding hydrogens is 334 g/mol. The maximum atomic E-state index is 12.3. The molecule has 6 heteroatoms. The molecule has 0 saturated heterocycles. The molecule has 0 bridgehead atoms. The number of unbranched alkanes of at least 4 members (excludes halogenated alkanes) is 1. The first-order valence-electron chi connectivity index (χ1n) is 7.40. The van der Waals surface area contributed by atoms with Crippen LogP contribution in [0.25, 0.3) is 0 Å². The van der Waals surface area contributed by atoms with E-state index in [0.717, 1.165) is 19.3 Å². The third-order valence-corrected chi connectivity index (χ3v) is 5.16. The van der Waals surface area contributed by atoms with Crippen LogP contribution in [-0.4, -0.2) is 22.1 Å². The molecule has 0 heterocycles. The maximum absolute atomic E-state index is 12.3. The average Bonchev–Trinajstić information content (AvgIpc) is 2.55. The molecule has 23 heavy (non-hydrogen) atoms. The van der Waals surface area contributed by atoms with Crippen LogP contribution in [0, 0.1) is 0 Å². The second-order valence-corrected chi connectivity index (χ2v) is 7.31. The fraction of sp³-hybridized carbons (Fsp3) is 0.294. The Hall–Kier alpha value is -1.56. The second-order valence-electron chi connectivity index (χ2n) is 5.14. The largest absolute Gasteiger partial charge is 0.495 e. The Morgan fingerprint density at radius 3 is 2.52 bits per heavy atom. The van der Waals surface area contributed by atoms with Crippen LogP contribution in [0.15, 0.2) is 53.4 Å². The summed E-state index contributed by atoms with van der Waals surface area (Å²) in [7, 11) is -2.20. The molecule has 4 nitrogen and oxygen atoms in total. The lowest BCUT2D eigenvalue weighted by molar-refractivity contribution is 0.402. The number of rotatable bonds is 8. The highest BCUT2D eigenvalue weighted by Crippen LogP contribution is 2.26. The van der Waals surface area contributed by atoms with Gasteiger partial charge in [0.05, 0.1) is 7.11 Å². The van der Waals surface area contributed by atoms with E-state index < -0.39 is 10.0 Å². The van der Waals surface area contributed by atoms with Crippen LogP contribution in [-0.2, 0) is 16.4 Å². The van der Waals surface area contributed by atoms with Crippen LogP contribution >= 0.6 is 11.6 Å². The molecule has 2 rings (SSSR count). The minimum absolute atomic E-state index is 0.0653. The van der Waals surface area contributed by atoms with E-state index in [1.807, 2.05) is 18.2 Å². The van der Waals surface area contributed by atoms with Gasteiger partial charge >= 0.3 is 0 Å². The predicted octanol–water partition coefficient (Wildman–Crippen LogP) is 3.65. The zero-order valence-electron chi connectivity index (χ0n) is 13.0. The van der Waals surface area contributed by atoms with E-state index in [1.165, 1.54) is 18.7 Å². The third kappa shape index (κ3) is 5.23. The molecule has 0 aromatic heterocycles. The van der Waals surface area contributed by atoms with E-state index in [4.69, 9.17) is 16.3 Å². The number of benzene rings is 2. The molecule has 0 fully saturated rings. The minimum Gasteiger partial charge on any atom is -0.495 e. The van der Waals surface area contributed by atoms with E-state index in [-0.39, 0.29) is 10.6 Å². The molecule has 0 unspecified atom stereocenters. The van der Waals surface area contributed by atoms with Crippen molar-refractivity contribution in [2.75, 3.05) is 13.7 Å². The number of methoxy groups -OCH3 is 1. The Morgan fingerprint density at radius 1 is 1.09 bits per heavy atom. The summed E-state index contributed by atoms with van der Waals surface area (Å²) < 4.78 is 32.4. The zero-order chi connectivity index (χ0) is 16.7. The van der Waals surface area contributed by atoms with Gasteiger partial charge in [0.15, 0.2) is 0 Å². The van der Waals surface area contributed by atoms with Crippen molar-refractivity contribution in [1.82, 2.24) is 4.72 Å². The molecule has 2 aromatic carbocycles. The molecule has 0 aliphatic carbocycles. The Kier molecular flexibility index (Phi) is 6.45. The SMILES string of the molecule is COc1ccc(Cl)cc1S(=O)(=O)NCCCCc1ccccc1. The molecule has 0 radical (unpaired) electrons. The molecule has 0 aliphatic rings. The van der Waals surface area contributed by atoms with E-state index >= 15 is 0 Å². The van der Waals surface area contributed by atoms with Crippen molar-refractivity contribution in [1.29, 1.82) is 0 Å². The normalized spacial score (nSPS) is 11.4. The number of hydrogen-bond acceptors (Lipinski definition) is 3. The molecule has 0 aliphatic heterocycles. The highest BCUT2D eigenvalue weighted by Gasteiger charge is 2.19. The monoisotopic (exact) mass is 353 g/mol. The quantitative estimate of drug-likeness (QED) is 0.737. The summed E-state index contributed by atoms with van der Waals surface area (Å²) in [4.78, 5) is 0.0653. The van der Waals surface area contributed by atoms with Crippen LogP contribution in [0.4, 0.5) is 0 Å². The fourth-order valence-electron chi connectivity index (χ4n) is 2.24. The van der Waals surface area contributed by atoms with E-state index in [0.29, 0.717) is 11.6 Å². The van der Waals surface area contributed by atoms with Crippen molar-refractivity contribution < 1.29 is 13.2 Å². The van der Waals surface area contributed by atoms with Gasteiger partial charge in [-0.05, 0) is 43.0 Å². The van der Waals surface area contributed by atoms with E-state index in [1.54, 1.807) is 12.1 Å². The maximum Gasteiger partial charge on any atom is 0.244 e. The Labute approximate surface area is 142 Å². The molecule has 0 saturated carbocycles. The predicted molar refractivity (Wildman–Crippen MR) is 92.6 cm³/mol. The van der Waals surface area contributed by atoms with Gasteiger partial charge in [-0.3, -0.25) is 0 Å². The Balaban J connectivity index is 1.88. The number of hydrogen-bond donors (Lipinski definition) is 1. The second kappa shape index (κ2) is 8.34. The molecule has 0 amide bonds. The Morgan fingerprint density at radius 2 is 1.83 bits per heavy atom. The summed E-state index contributed by atoms with van der Waals surface area (Å²) in [6, 6.07) is 14.7. The van der Waals surface area contributed by atoms with Gasteiger partial charge in [-0.15, -0.1) is 0 Å². The van der Waals surface area contributed by atoms with Gasteiger partial charge in [0.1, 0.15) is 10.6 Å². The first-order valence-corrected chi connectivity index (χ1v) is 9.26. The van der Waals surface area contributed by atoms with Crippen LogP contribution in [0.3, 0.4) is 0 Å². The molecule has 0 spiro atoms. The van der Waals surface area contributed by atoms with Crippen molar-refractivity contribution in [3.8, 4) is 5.75 Å². The number of nitrogens with one attached hydrogen (secondary N) is 1. The molecular formula is C17H20ClNO3S. The molecule has 124 valence electrons. The smallest absolute Gasteiger partial charge is 0.244 e.